The van der Waals surface area contributed by atoms with Crippen molar-refractivity contribution in [3.05, 3.63) is 106 Å². The van der Waals surface area contributed by atoms with Gasteiger partial charge in [0.2, 0.25) is 11.6 Å². The summed E-state index contributed by atoms with van der Waals surface area (Å²) in [4.78, 5) is 15.5. The van der Waals surface area contributed by atoms with E-state index in [0.717, 1.165) is 54.9 Å². The van der Waals surface area contributed by atoms with Crippen molar-refractivity contribution in [2.75, 3.05) is 44.4 Å². The van der Waals surface area contributed by atoms with Crippen LogP contribution in [-0.2, 0) is 28.9 Å². The minimum atomic E-state index is -2.73. The minimum absolute atomic E-state index is 0.0324. The number of para-hydroxylation sites is 2. The van der Waals surface area contributed by atoms with Crippen molar-refractivity contribution in [1.82, 2.24) is 5.32 Å². The summed E-state index contributed by atoms with van der Waals surface area (Å²) >= 11 is 7.24. The molecule has 292 valence electrons. The number of allylic oxidation sites excluding steroid dienone is 8. The molecule has 2 aliphatic heterocycles. The minimum Gasteiger partial charge on any atom is -0.374 e. The molecule has 7 nitrogen and oxygen atoms in total. The highest BCUT2D eigenvalue weighted by Gasteiger charge is 2.44. The van der Waals surface area contributed by atoms with Crippen molar-refractivity contribution in [2.45, 2.75) is 111 Å². The van der Waals surface area contributed by atoms with E-state index in [1.165, 1.54) is 33.8 Å². The smallest absolute Gasteiger partial charge is 0.374 e. The van der Waals surface area contributed by atoms with E-state index in [1.54, 1.807) is 0 Å². The molecule has 5 rings (SSSR count). The van der Waals surface area contributed by atoms with Crippen molar-refractivity contribution in [3.8, 4) is 0 Å². The van der Waals surface area contributed by atoms with Crippen molar-refractivity contribution in [3.63, 3.8) is 0 Å². The molecule has 0 aromatic heterocycles. The average molecular weight is 774 g/mol. The Kier molecular flexibility index (Phi) is 14.4. The molecule has 0 saturated carbocycles. The fourth-order valence-electron chi connectivity index (χ4n) is 8.39. The molecule has 0 fully saturated rings. The molecule has 1 amide bonds. The summed E-state index contributed by atoms with van der Waals surface area (Å²) in [5.41, 5.74) is 9.64. The Morgan fingerprint density at radius 2 is 1.56 bits per heavy atom. The number of anilines is 1. The third-order valence-corrected chi connectivity index (χ3v) is 14.7. The molecule has 0 atom stereocenters. The second-order valence-corrected chi connectivity index (χ2v) is 18.5. The predicted octanol–water partition coefficient (Wildman–Crippen LogP) is 10.3. The van der Waals surface area contributed by atoms with Gasteiger partial charge in [-0.15, -0.1) is 0 Å². The summed E-state index contributed by atoms with van der Waals surface area (Å²) < 4.78 is 20.4. The topological polar surface area (TPSA) is 63.0 Å². The quantitative estimate of drug-likeness (QED) is 0.0929. The largest absolute Gasteiger partial charge is 0.500 e. The Morgan fingerprint density at radius 3 is 2.24 bits per heavy atom. The highest BCUT2D eigenvalue weighted by molar-refractivity contribution is 6.60. The summed E-state index contributed by atoms with van der Waals surface area (Å²) in [5, 5.41) is 3.99. The third kappa shape index (κ3) is 9.05. The maximum absolute atomic E-state index is 13.2. The normalized spacial score (nSPS) is 19.4. The van der Waals surface area contributed by atoms with E-state index in [9.17, 15) is 4.79 Å². The molecule has 2 aromatic rings. The fraction of sp³-hybridized carbons (Fsp3) is 0.511. The van der Waals surface area contributed by atoms with Gasteiger partial charge in [-0.3, -0.25) is 4.79 Å². The molecule has 2 aromatic carbocycles. The van der Waals surface area contributed by atoms with E-state index in [0.29, 0.717) is 45.4 Å². The van der Waals surface area contributed by atoms with Crippen molar-refractivity contribution < 1.29 is 22.6 Å². The Morgan fingerprint density at radius 1 is 0.889 bits per heavy atom. The van der Waals surface area contributed by atoms with Gasteiger partial charge in [-0.1, -0.05) is 80.9 Å². The molecule has 0 spiro atoms. The molecule has 54 heavy (non-hydrogen) atoms. The van der Waals surface area contributed by atoms with Crippen molar-refractivity contribution >= 4 is 43.4 Å². The molecule has 0 radical (unpaired) electrons. The maximum Gasteiger partial charge on any atom is 0.500 e. The standard InChI is InChI=1S/C45H62ClN3O4Si/c1-9-31-48-38-23-15-13-21-36(38)44(5,6)40(48)27-25-34-19-17-20-35(43(34)46)26-28-41-45(7,8)37-22-14-16-24-39(37)49(41)32-29-42(50)47-30-18-33-54(51-10-2,52-11-3)53-12-4/h13-16,21-28H,9-12,17-20,29-33H2,1-8H3/p+1. The maximum atomic E-state index is 13.2. The van der Waals surface area contributed by atoms with Crippen LogP contribution in [-0.4, -0.2) is 64.5 Å². The number of benzene rings is 2. The number of carbonyl (C=O) groups excluding carboxylic acids is 1. The monoisotopic (exact) mass is 772 g/mol. The number of amides is 1. The Balaban J connectivity index is 1.32. The molecular formula is C45H63ClN3O4Si+. The Labute approximate surface area is 331 Å². The molecule has 9 heteroatoms. The number of rotatable bonds is 18. The van der Waals surface area contributed by atoms with E-state index >= 15 is 0 Å². The number of halogens is 1. The first kappa shape index (κ1) is 41.9. The summed E-state index contributed by atoms with van der Waals surface area (Å²) in [6.07, 6.45) is 14.2. The zero-order valence-electron chi connectivity index (χ0n) is 34.0. The first-order chi connectivity index (χ1) is 25.9. The van der Waals surface area contributed by atoms with Crippen molar-refractivity contribution in [1.29, 1.82) is 0 Å². The first-order valence-electron chi connectivity index (χ1n) is 20.2. The van der Waals surface area contributed by atoms with Crippen LogP contribution in [0.15, 0.2) is 94.7 Å². The van der Waals surface area contributed by atoms with Crippen LogP contribution in [0.1, 0.15) is 105 Å². The van der Waals surface area contributed by atoms with Crippen molar-refractivity contribution in [2.24, 2.45) is 0 Å². The molecule has 0 unspecified atom stereocenters. The second-order valence-electron chi connectivity index (χ2n) is 15.4. The van der Waals surface area contributed by atoms with Crippen LogP contribution in [0.2, 0.25) is 6.04 Å². The molecule has 2 heterocycles. The van der Waals surface area contributed by atoms with Crippen LogP contribution in [0.5, 0.6) is 0 Å². The lowest BCUT2D eigenvalue weighted by molar-refractivity contribution is -0.437. The molecule has 3 aliphatic rings. The average Bonchev–Trinajstić information content (AvgIpc) is 3.50. The molecule has 1 aliphatic carbocycles. The number of carbonyl (C=O) groups is 1. The van der Waals surface area contributed by atoms with Gasteiger partial charge < -0.3 is 23.5 Å². The van der Waals surface area contributed by atoms with Crippen LogP contribution in [0, 0.1) is 0 Å². The van der Waals surface area contributed by atoms with Gasteiger partial charge in [0.25, 0.3) is 0 Å². The van der Waals surface area contributed by atoms with Gasteiger partial charge in [0, 0.05) is 91.3 Å². The lowest BCUT2D eigenvalue weighted by Crippen LogP contribution is -2.46. The van der Waals surface area contributed by atoms with E-state index in [1.807, 2.05) is 20.8 Å². The zero-order valence-corrected chi connectivity index (χ0v) is 35.8. The number of nitrogens with one attached hydrogen (secondary N) is 1. The lowest BCUT2D eigenvalue weighted by atomic mass is 9.81. The van der Waals surface area contributed by atoms with Crippen LogP contribution in [0.4, 0.5) is 11.4 Å². The van der Waals surface area contributed by atoms with Gasteiger partial charge in [0.1, 0.15) is 6.54 Å². The van der Waals surface area contributed by atoms with Gasteiger partial charge in [0.15, 0.2) is 5.71 Å². The highest BCUT2D eigenvalue weighted by atomic mass is 35.5. The predicted molar refractivity (Wildman–Crippen MR) is 226 cm³/mol. The van der Waals surface area contributed by atoms with Crippen LogP contribution < -0.4 is 10.2 Å². The first-order valence-corrected chi connectivity index (χ1v) is 22.5. The van der Waals surface area contributed by atoms with Crippen LogP contribution >= 0.6 is 11.6 Å². The van der Waals surface area contributed by atoms with Crippen LogP contribution in [0.25, 0.3) is 0 Å². The van der Waals surface area contributed by atoms with E-state index in [-0.39, 0.29) is 16.7 Å². The van der Waals surface area contributed by atoms with Gasteiger partial charge in [0.05, 0.1) is 5.41 Å². The number of fused-ring (bicyclic) bond motifs is 2. The number of nitrogens with zero attached hydrogens (tertiary/aromatic N) is 2. The zero-order chi connectivity index (χ0) is 38.9. The highest BCUT2D eigenvalue weighted by Crippen LogP contribution is 2.48. The molecule has 0 bridgehead atoms. The number of hydrogen-bond acceptors (Lipinski definition) is 5. The molecule has 0 saturated heterocycles. The van der Waals surface area contributed by atoms with E-state index in [2.05, 4.69) is 122 Å². The number of hydrogen-bond donors (Lipinski definition) is 1. The fourth-order valence-corrected chi connectivity index (χ4v) is 11.3. The SMILES string of the molecule is CCC[N+]1=C(/C=C/C2=C(Cl)C(=C/C=C3/N(CCC(=O)NCCC[Si](OCC)(OCC)OCC)c4ccccc4C3(C)C)/CCC2)C(C)(C)c2ccccc21. The van der Waals surface area contributed by atoms with Gasteiger partial charge in [-0.05, 0) is 89.2 Å². The summed E-state index contributed by atoms with van der Waals surface area (Å²) in [6, 6.07) is 18.0. The Hall–Kier alpha value is -3.27. The van der Waals surface area contributed by atoms with E-state index < -0.39 is 8.80 Å². The molecular weight excluding hydrogens is 710 g/mol. The lowest BCUT2D eigenvalue weighted by Gasteiger charge is -2.28. The molecule has 1 N–H and O–H groups in total. The summed E-state index contributed by atoms with van der Waals surface area (Å²) in [6.45, 7) is 21.1. The van der Waals surface area contributed by atoms with Crippen LogP contribution in [0.3, 0.4) is 0 Å². The van der Waals surface area contributed by atoms with Gasteiger partial charge in [-0.2, -0.15) is 4.58 Å². The van der Waals surface area contributed by atoms with Gasteiger partial charge >= 0.3 is 8.80 Å². The summed E-state index contributed by atoms with van der Waals surface area (Å²) in [7, 11) is -2.73. The third-order valence-electron chi connectivity index (χ3n) is 11.0. The Bertz CT molecular complexity index is 1790. The summed E-state index contributed by atoms with van der Waals surface area (Å²) in [5.74, 6) is 0.0324. The second kappa shape index (κ2) is 18.6. The van der Waals surface area contributed by atoms with Gasteiger partial charge in [-0.25, -0.2) is 0 Å². The van der Waals surface area contributed by atoms with E-state index in [4.69, 9.17) is 24.9 Å².